The van der Waals surface area contributed by atoms with Gasteiger partial charge in [-0.2, -0.15) is 0 Å². The van der Waals surface area contributed by atoms with Gasteiger partial charge in [0.1, 0.15) is 18.2 Å². The van der Waals surface area contributed by atoms with Crippen LogP contribution >= 0.6 is 15.9 Å². The summed E-state index contributed by atoms with van der Waals surface area (Å²) in [6.07, 6.45) is 4.58. The number of amides is 3. The molecule has 2 aromatic rings. The molecule has 3 heterocycles. The average Bonchev–Trinajstić information content (AvgIpc) is 3.68. The number of hydrogen-bond donors (Lipinski definition) is 2. The second-order valence-corrected chi connectivity index (χ2v) is 14.3. The monoisotopic (exact) mass is 735 g/mol. The summed E-state index contributed by atoms with van der Waals surface area (Å²) in [5.74, 6) is -3.25. The number of halogens is 1. The zero-order valence-corrected chi connectivity index (χ0v) is 29.8. The van der Waals surface area contributed by atoms with Crippen LogP contribution in [0.3, 0.4) is 0 Å². The zero-order chi connectivity index (χ0) is 35.3. The number of rotatable bonds is 16. The molecule has 0 aromatic heterocycles. The molecule has 49 heavy (non-hydrogen) atoms. The molecule has 2 N–H and O–H groups in total. The van der Waals surface area contributed by atoms with E-state index in [0.29, 0.717) is 25.7 Å². The van der Waals surface area contributed by atoms with Gasteiger partial charge in [-0.25, -0.2) is 0 Å². The molecule has 1 spiro atoms. The number of carbonyl (C=O) groups is 4. The molecule has 262 valence electrons. The third-order valence-corrected chi connectivity index (χ3v) is 10.7. The maximum absolute atomic E-state index is 14.9. The molecule has 5 rings (SSSR count). The number of ether oxygens (including phenoxy) is 2. The summed E-state index contributed by atoms with van der Waals surface area (Å²) in [6, 6.07) is 13.4. The number of allylic oxidation sites excluding steroid dienone is 1. The lowest BCUT2D eigenvalue weighted by molar-refractivity contribution is -0.145. The molecular formula is C38H46BrN3O7. The molecule has 2 aromatic carbocycles. The molecule has 0 radical (unpaired) electrons. The van der Waals surface area contributed by atoms with Crippen molar-refractivity contribution >= 4 is 45.3 Å². The number of aliphatic hydroxyl groups is 1. The summed E-state index contributed by atoms with van der Waals surface area (Å²) < 4.78 is 12.3. The average molecular weight is 737 g/mol. The van der Waals surface area contributed by atoms with Crippen LogP contribution in [0.5, 0.6) is 0 Å². The highest BCUT2D eigenvalue weighted by molar-refractivity contribution is 9.09. The van der Waals surface area contributed by atoms with Crippen LogP contribution in [0.1, 0.15) is 54.8 Å². The number of carbonyl (C=O) groups excluding carboxylic acids is 4. The first-order valence-corrected chi connectivity index (χ1v) is 17.8. The Morgan fingerprint density at radius 2 is 1.84 bits per heavy atom. The highest BCUT2D eigenvalue weighted by Crippen LogP contribution is 2.60. The van der Waals surface area contributed by atoms with Crippen LogP contribution in [0, 0.1) is 25.7 Å². The van der Waals surface area contributed by atoms with E-state index in [1.54, 1.807) is 22.0 Å². The Labute approximate surface area is 296 Å². The smallest absolute Gasteiger partial charge is 0.306 e. The summed E-state index contributed by atoms with van der Waals surface area (Å²) >= 11 is 3.75. The van der Waals surface area contributed by atoms with E-state index in [9.17, 15) is 24.3 Å². The molecule has 1 unspecified atom stereocenters. The van der Waals surface area contributed by atoms with Gasteiger partial charge >= 0.3 is 5.97 Å². The highest BCUT2D eigenvalue weighted by Gasteiger charge is 2.76. The third-order valence-electron chi connectivity index (χ3n) is 9.90. The number of unbranched alkanes of at least 4 members (excludes halogenated alkanes) is 1. The van der Waals surface area contributed by atoms with Crippen LogP contribution in [0.2, 0.25) is 0 Å². The first-order chi connectivity index (χ1) is 23.6. The van der Waals surface area contributed by atoms with Crippen LogP contribution in [-0.2, 0) is 28.7 Å². The second kappa shape index (κ2) is 15.8. The van der Waals surface area contributed by atoms with Crippen molar-refractivity contribution in [3.63, 3.8) is 0 Å². The molecule has 0 saturated carbocycles. The number of aryl methyl sites for hydroxylation is 2. The Balaban J connectivity index is 1.50. The van der Waals surface area contributed by atoms with Crippen molar-refractivity contribution in [2.75, 3.05) is 31.2 Å². The van der Waals surface area contributed by atoms with E-state index in [4.69, 9.17) is 9.47 Å². The SMILES string of the molecule is C=CCCC(=O)OC[C@@H](NC(=O)[C@@H]1[C@H]2O[C@@]3(CC2Br)[C@H](C(=O)N(CC=C)c2c(C)cccc2C)N(CCCCO)C(=O)[C@@H]13)c1ccccc1. The number of nitrogens with zero attached hydrogens (tertiary/aromatic N) is 2. The van der Waals surface area contributed by atoms with Crippen LogP contribution in [-0.4, -0.2) is 82.6 Å². The lowest BCUT2D eigenvalue weighted by atomic mass is 9.70. The summed E-state index contributed by atoms with van der Waals surface area (Å²) in [4.78, 5) is 59.2. The lowest BCUT2D eigenvalue weighted by Crippen LogP contribution is -2.57. The van der Waals surface area contributed by atoms with Crippen LogP contribution < -0.4 is 10.2 Å². The van der Waals surface area contributed by atoms with Gasteiger partial charge in [-0.3, -0.25) is 19.2 Å². The number of aliphatic hydroxyl groups excluding tert-OH is 1. The maximum atomic E-state index is 14.9. The third kappa shape index (κ3) is 7.11. The first-order valence-electron chi connectivity index (χ1n) is 16.9. The van der Waals surface area contributed by atoms with Crippen LogP contribution in [0.25, 0.3) is 0 Å². The van der Waals surface area contributed by atoms with E-state index in [0.717, 1.165) is 22.4 Å². The van der Waals surface area contributed by atoms with Gasteiger partial charge in [0.25, 0.3) is 5.91 Å². The molecule has 3 fully saturated rings. The number of para-hydroxylation sites is 1. The Bertz CT molecular complexity index is 1550. The minimum absolute atomic E-state index is 0.0493. The van der Waals surface area contributed by atoms with E-state index in [-0.39, 0.29) is 49.4 Å². The molecule has 3 saturated heterocycles. The topological polar surface area (TPSA) is 125 Å². The number of nitrogens with one attached hydrogen (secondary N) is 1. The van der Waals surface area contributed by atoms with Crippen molar-refractivity contribution in [3.05, 3.63) is 90.5 Å². The van der Waals surface area contributed by atoms with Crippen LogP contribution in [0.4, 0.5) is 5.69 Å². The summed E-state index contributed by atoms with van der Waals surface area (Å²) in [7, 11) is 0. The molecule has 2 bridgehead atoms. The first kappa shape index (κ1) is 36.5. The van der Waals surface area contributed by atoms with Gasteiger partial charge in [-0.1, -0.05) is 76.6 Å². The number of hydrogen-bond acceptors (Lipinski definition) is 7. The van der Waals surface area contributed by atoms with Gasteiger partial charge in [0.05, 0.1) is 24.0 Å². The number of anilines is 1. The zero-order valence-electron chi connectivity index (χ0n) is 28.2. The van der Waals surface area contributed by atoms with Gasteiger partial charge in [0.2, 0.25) is 11.8 Å². The normalized spacial score (nSPS) is 25.8. The van der Waals surface area contributed by atoms with Crippen molar-refractivity contribution in [2.24, 2.45) is 11.8 Å². The summed E-state index contributed by atoms with van der Waals surface area (Å²) in [6.45, 7) is 11.8. The Morgan fingerprint density at radius 3 is 2.49 bits per heavy atom. The Morgan fingerprint density at radius 1 is 1.12 bits per heavy atom. The lowest BCUT2D eigenvalue weighted by Gasteiger charge is -2.38. The molecule has 11 heteroatoms. The van der Waals surface area contributed by atoms with Crippen molar-refractivity contribution in [2.45, 2.75) is 74.6 Å². The van der Waals surface area contributed by atoms with Gasteiger partial charge in [-0.15, -0.1) is 13.2 Å². The quantitative estimate of drug-likeness (QED) is 0.111. The second-order valence-electron chi connectivity index (χ2n) is 13.1. The Hall–Kier alpha value is -3.80. The standard InChI is InChI=1S/C38H46BrN3O7/c1-5-7-18-29(44)48-23-28(26-16-9-8-10-17-26)40-35(45)30-31-36(46)42(20-11-12-21-43)34(38(31)22-27(39)33(30)49-38)37(47)41(19-6-2)32-24(3)14-13-15-25(32)4/h5-6,8-10,13-17,27-28,30-31,33-34,43H,1-2,7,11-12,18-23H2,3-4H3,(H,40,45)/t27?,28-,30+,31-,33+,34+,38-/m1/s1. The van der Waals surface area contributed by atoms with Gasteiger partial charge < -0.3 is 29.7 Å². The minimum Gasteiger partial charge on any atom is -0.463 e. The molecule has 0 aliphatic carbocycles. The fourth-order valence-electron chi connectivity index (χ4n) is 7.79. The highest BCUT2D eigenvalue weighted by atomic mass is 79.9. The predicted octanol–water partition coefficient (Wildman–Crippen LogP) is 4.71. The molecule has 7 atom stereocenters. The van der Waals surface area contributed by atoms with Crippen molar-refractivity contribution in [1.29, 1.82) is 0 Å². The summed E-state index contributed by atoms with van der Waals surface area (Å²) in [5, 5.41) is 12.6. The number of benzene rings is 2. The molecule has 3 aliphatic rings. The van der Waals surface area contributed by atoms with E-state index >= 15 is 0 Å². The summed E-state index contributed by atoms with van der Waals surface area (Å²) in [5.41, 5.74) is 2.05. The van der Waals surface area contributed by atoms with Gasteiger partial charge in [0, 0.05) is 36.6 Å². The number of alkyl halides is 1. The fourth-order valence-corrected chi connectivity index (χ4v) is 8.73. The Kier molecular flexibility index (Phi) is 11.8. The largest absolute Gasteiger partial charge is 0.463 e. The van der Waals surface area contributed by atoms with E-state index in [2.05, 4.69) is 34.4 Å². The number of esters is 1. The number of fused-ring (bicyclic) bond motifs is 1. The van der Waals surface area contributed by atoms with Gasteiger partial charge in [-0.05, 0) is 56.2 Å². The van der Waals surface area contributed by atoms with Gasteiger partial charge in [0.15, 0.2) is 0 Å². The van der Waals surface area contributed by atoms with E-state index < -0.39 is 47.5 Å². The molecular weight excluding hydrogens is 690 g/mol. The van der Waals surface area contributed by atoms with Crippen molar-refractivity contribution in [1.82, 2.24) is 10.2 Å². The molecule has 3 aliphatic heterocycles. The van der Waals surface area contributed by atoms with E-state index in [1.807, 2.05) is 62.4 Å². The number of likely N-dealkylation sites (tertiary alicyclic amines) is 1. The maximum Gasteiger partial charge on any atom is 0.306 e. The van der Waals surface area contributed by atoms with Crippen molar-refractivity contribution in [3.8, 4) is 0 Å². The fraction of sp³-hybridized carbons (Fsp3) is 0.474. The molecule has 10 nitrogen and oxygen atoms in total. The predicted molar refractivity (Wildman–Crippen MR) is 190 cm³/mol. The minimum atomic E-state index is -1.26. The van der Waals surface area contributed by atoms with Crippen LogP contribution in [0.15, 0.2) is 73.8 Å². The van der Waals surface area contributed by atoms with Crippen molar-refractivity contribution < 1.29 is 33.8 Å². The molecule has 3 amide bonds. The van der Waals surface area contributed by atoms with E-state index in [1.165, 1.54) is 0 Å².